The van der Waals surface area contributed by atoms with Gasteiger partial charge >= 0.3 is 5.97 Å². The number of carboxylic acid groups (broad SMARTS) is 1. The number of hydrogen-bond donors (Lipinski definition) is 2. The van der Waals surface area contributed by atoms with Gasteiger partial charge < -0.3 is 19.1 Å². The SMILES string of the molecule is Cc1cc(OCCCc2c(C(=O)O)n(CCN3CCOCC3)c3c(-c4c(C)n[nH]c4C)cccc23)cc(C)c1Cl. The summed E-state index contributed by atoms with van der Waals surface area (Å²) in [5.41, 5.74) is 7.98. The predicted octanol–water partition coefficient (Wildman–Crippen LogP) is 5.96. The van der Waals surface area contributed by atoms with Crippen LogP contribution < -0.4 is 4.74 Å². The Morgan fingerprint density at radius 2 is 1.85 bits per heavy atom. The summed E-state index contributed by atoms with van der Waals surface area (Å²) in [6.07, 6.45) is 1.26. The Bertz CT molecular complexity index is 1490. The van der Waals surface area contributed by atoms with Gasteiger partial charge in [-0.3, -0.25) is 10.00 Å². The molecule has 0 bridgehead atoms. The molecular weight excluding hydrogens is 528 g/mol. The number of carbonyl (C=O) groups is 1. The lowest BCUT2D eigenvalue weighted by molar-refractivity contribution is 0.0362. The second-order valence-corrected chi connectivity index (χ2v) is 10.9. The Hall–Kier alpha value is -3.33. The maximum absolute atomic E-state index is 12.8. The third-order valence-electron chi connectivity index (χ3n) is 7.78. The number of morpholine rings is 1. The zero-order valence-corrected chi connectivity index (χ0v) is 24.4. The second-order valence-electron chi connectivity index (χ2n) is 10.6. The van der Waals surface area contributed by atoms with E-state index in [1.807, 2.05) is 56.5 Å². The van der Waals surface area contributed by atoms with Crippen LogP contribution in [0.3, 0.4) is 0 Å². The fourth-order valence-electron chi connectivity index (χ4n) is 5.85. The molecule has 0 saturated carbocycles. The first-order valence-electron chi connectivity index (χ1n) is 13.8. The van der Waals surface area contributed by atoms with E-state index in [9.17, 15) is 9.90 Å². The molecule has 0 unspecified atom stereocenters. The maximum atomic E-state index is 12.8. The summed E-state index contributed by atoms with van der Waals surface area (Å²) >= 11 is 6.31. The van der Waals surface area contributed by atoms with Gasteiger partial charge in [-0.15, -0.1) is 0 Å². The van der Waals surface area contributed by atoms with Crippen molar-refractivity contribution in [3.05, 3.63) is 69.1 Å². The van der Waals surface area contributed by atoms with Crippen LogP contribution in [0.5, 0.6) is 5.75 Å². The van der Waals surface area contributed by atoms with Crippen molar-refractivity contribution >= 4 is 28.5 Å². The molecule has 2 aromatic carbocycles. The number of nitrogens with zero attached hydrogens (tertiary/aromatic N) is 3. The monoisotopic (exact) mass is 564 g/mol. The van der Waals surface area contributed by atoms with Gasteiger partial charge in [-0.25, -0.2) is 4.79 Å². The predicted molar refractivity (Wildman–Crippen MR) is 158 cm³/mol. The molecule has 9 heteroatoms. The van der Waals surface area contributed by atoms with E-state index in [4.69, 9.17) is 21.1 Å². The minimum absolute atomic E-state index is 0.354. The lowest BCUT2D eigenvalue weighted by Crippen LogP contribution is -2.38. The van der Waals surface area contributed by atoms with Gasteiger partial charge in [-0.2, -0.15) is 5.10 Å². The van der Waals surface area contributed by atoms with Crippen LogP contribution in [0.25, 0.3) is 22.0 Å². The number of H-pyrrole nitrogens is 1. The topological polar surface area (TPSA) is 92.6 Å². The van der Waals surface area contributed by atoms with Crippen molar-refractivity contribution in [3.8, 4) is 16.9 Å². The maximum Gasteiger partial charge on any atom is 0.352 e. The molecule has 5 rings (SSSR count). The minimum atomic E-state index is -0.912. The zero-order chi connectivity index (χ0) is 28.4. The van der Waals surface area contributed by atoms with Gasteiger partial charge in [0.25, 0.3) is 0 Å². The van der Waals surface area contributed by atoms with E-state index in [0.717, 1.165) is 80.5 Å². The molecule has 8 nitrogen and oxygen atoms in total. The Balaban J connectivity index is 1.50. The van der Waals surface area contributed by atoms with E-state index < -0.39 is 5.97 Å². The van der Waals surface area contributed by atoms with Crippen LogP contribution >= 0.6 is 11.6 Å². The van der Waals surface area contributed by atoms with Crippen molar-refractivity contribution < 1.29 is 19.4 Å². The third-order valence-corrected chi connectivity index (χ3v) is 8.38. The van der Waals surface area contributed by atoms with Crippen LogP contribution in [-0.4, -0.2) is 70.2 Å². The van der Waals surface area contributed by atoms with Crippen molar-refractivity contribution in [2.75, 3.05) is 39.5 Å². The largest absolute Gasteiger partial charge is 0.494 e. The van der Waals surface area contributed by atoms with Gasteiger partial charge in [0, 0.05) is 53.4 Å². The molecule has 1 saturated heterocycles. The van der Waals surface area contributed by atoms with E-state index in [0.29, 0.717) is 44.9 Å². The molecule has 4 aromatic rings. The van der Waals surface area contributed by atoms with Gasteiger partial charge in [-0.1, -0.05) is 29.8 Å². The number of aryl methyl sites for hydroxylation is 5. The summed E-state index contributed by atoms with van der Waals surface area (Å²) in [5, 5.41) is 19.8. The molecule has 0 amide bonds. The number of benzene rings is 2. The third kappa shape index (κ3) is 5.61. The fraction of sp³-hybridized carbons (Fsp3) is 0.419. The number of aromatic carboxylic acids is 1. The average molecular weight is 565 g/mol. The van der Waals surface area contributed by atoms with E-state index in [1.165, 1.54) is 0 Å². The van der Waals surface area contributed by atoms with Crippen LogP contribution in [0.2, 0.25) is 5.02 Å². The quantitative estimate of drug-likeness (QED) is 0.231. The molecule has 1 aliphatic heterocycles. The highest BCUT2D eigenvalue weighted by Gasteiger charge is 2.26. The molecule has 0 radical (unpaired) electrons. The smallest absolute Gasteiger partial charge is 0.352 e. The molecule has 1 fully saturated rings. The highest BCUT2D eigenvalue weighted by atomic mass is 35.5. The number of nitrogens with one attached hydrogen (secondary N) is 1. The number of ether oxygens (including phenoxy) is 2. The average Bonchev–Trinajstić information content (AvgIpc) is 3.45. The van der Waals surface area contributed by atoms with Crippen LogP contribution in [-0.2, 0) is 17.7 Å². The van der Waals surface area contributed by atoms with E-state index >= 15 is 0 Å². The number of hydrogen-bond acceptors (Lipinski definition) is 5. The molecule has 40 heavy (non-hydrogen) atoms. The standard InChI is InChI=1S/C31H37ClN4O4/c1-19-17-23(18-20(2)28(19)32)40-14-6-9-25-24-7-5-8-26(27-21(3)33-34-22(27)4)29(24)36(30(25)31(37)38)11-10-35-12-15-39-16-13-35/h5,7-8,17-18H,6,9-16H2,1-4H3,(H,33,34)(H,37,38). The van der Waals surface area contributed by atoms with Gasteiger partial charge in [0.1, 0.15) is 11.4 Å². The second kappa shape index (κ2) is 12.0. The van der Waals surface area contributed by atoms with Gasteiger partial charge in [0.2, 0.25) is 0 Å². The molecule has 0 atom stereocenters. The number of rotatable bonds is 10. The summed E-state index contributed by atoms with van der Waals surface area (Å²) < 4.78 is 13.6. The molecule has 1 aliphatic rings. The Kier molecular flexibility index (Phi) is 8.49. The first-order chi connectivity index (χ1) is 19.3. The number of halogens is 1. The molecule has 2 N–H and O–H groups in total. The van der Waals surface area contributed by atoms with Gasteiger partial charge in [-0.05, 0) is 69.4 Å². The van der Waals surface area contributed by atoms with Gasteiger partial charge in [0.15, 0.2) is 0 Å². The van der Waals surface area contributed by atoms with Crippen LogP contribution in [0.15, 0.2) is 30.3 Å². The highest BCUT2D eigenvalue weighted by Crippen LogP contribution is 2.37. The van der Waals surface area contributed by atoms with E-state index in [2.05, 4.69) is 21.2 Å². The fourth-order valence-corrected chi connectivity index (χ4v) is 5.95. The number of aromatic amines is 1. The summed E-state index contributed by atoms with van der Waals surface area (Å²) in [4.78, 5) is 15.2. The van der Waals surface area contributed by atoms with E-state index in [-0.39, 0.29) is 0 Å². The van der Waals surface area contributed by atoms with Gasteiger partial charge in [0.05, 0.1) is 31.0 Å². The lowest BCUT2D eigenvalue weighted by Gasteiger charge is -2.27. The molecule has 212 valence electrons. The molecular formula is C31H37ClN4O4. The lowest BCUT2D eigenvalue weighted by atomic mass is 9.98. The van der Waals surface area contributed by atoms with Crippen LogP contribution in [0, 0.1) is 27.7 Å². The summed E-state index contributed by atoms with van der Waals surface area (Å²) in [6, 6.07) is 10.0. The first kappa shape index (κ1) is 28.2. The number of aromatic nitrogens is 3. The number of para-hydroxylation sites is 1. The van der Waals surface area contributed by atoms with Crippen molar-refractivity contribution in [1.29, 1.82) is 0 Å². The normalized spacial score (nSPS) is 14.2. The summed E-state index contributed by atoms with van der Waals surface area (Å²) in [7, 11) is 0. The minimum Gasteiger partial charge on any atom is -0.494 e. The number of fused-ring (bicyclic) bond motifs is 1. The molecule has 2 aromatic heterocycles. The highest BCUT2D eigenvalue weighted by molar-refractivity contribution is 6.32. The first-order valence-corrected chi connectivity index (χ1v) is 14.2. The Morgan fingerprint density at radius 3 is 2.50 bits per heavy atom. The summed E-state index contributed by atoms with van der Waals surface area (Å²) in [5.74, 6) is -0.136. The van der Waals surface area contributed by atoms with Crippen LogP contribution in [0.1, 0.15) is 45.0 Å². The van der Waals surface area contributed by atoms with Crippen LogP contribution in [0.4, 0.5) is 0 Å². The molecule has 3 heterocycles. The van der Waals surface area contributed by atoms with Crippen molar-refractivity contribution in [2.45, 2.75) is 47.1 Å². The molecule has 0 aliphatic carbocycles. The van der Waals surface area contributed by atoms with E-state index in [1.54, 1.807) is 0 Å². The summed E-state index contributed by atoms with van der Waals surface area (Å²) in [6.45, 7) is 12.8. The Labute approximate surface area is 239 Å². The zero-order valence-electron chi connectivity index (χ0n) is 23.6. The van der Waals surface area contributed by atoms with Crippen molar-refractivity contribution in [1.82, 2.24) is 19.7 Å². The Morgan fingerprint density at radius 1 is 1.12 bits per heavy atom. The number of carboxylic acids is 1. The molecule has 0 spiro atoms. The van der Waals surface area contributed by atoms with Crippen molar-refractivity contribution in [2.24, 2.45) is 0 Å². The van der Waals surface area contributed by atoms with Crippen molar-refractivity contribution in [3.63, 3.8) is 0 Å².